The summed E-state index contributed by atoms with van der Waals surface area (Å²) in [6.45, 7) is 0.314. The van der Waals surface area contributed by atoms with Gasteiger partial charge in [-0.25, -0.2) is 0 Å². The molecule has 0 bridgehead atoms. The molecule has 0 saturated heterocycles. The number of hydrogen-bond donors (Lipinski definition) is 1. The highest BCUT2D eigenvalue weighted by Gasteiger charge is 2.04. The van der Waals surface area contributed by atoms with Gasteiger partial charge in [-0.3, -0.25) is 0 Å². The molecule has 2 aromatic heterocycles. The molecule has 0 aliphatic carbocycles. The normalized spacial score (nSPS) is 10.4. The number of aromatic nitrogens is 1. The topological polar surface area (TPSA) is 55.5 Å². The summed E-state index contributed by atoms with van der Waals surface area (Å²) >= 11 is 1.61. The monoisotopic (exact) mass is 211 g/mol. The fraction of sp³-hybridized carbons (Fsp3) is 0.222. The third-order valence-corrected chi connectivity index (χ3v) is 2.46. The van der Waals surface area contributed by atoms with Crippen LogP contribution in [0.5, 0.6) is 6.08 Å². The molecule has 0 radical (unpaired) electrons. The molecule has 1 N–H and O–H groups in total. The van der Waals surface area contributed by atoms with Gasteiger partial charge in [-0.15, -0.1) is 11.3 Å². The van der Waals surface area contributed by atoms with Gasteiger partial charge in [-0.1, -0.05) is 6.07 Å². The van der Waals surface area contributed by atoms with E-state index >= 15 is 0 Å². The van der Waals surface area contributed by atoms with Crippen molar-refractivity contribution in [3.05, 3.63) is 34.3 Å². The van der Waals surface area contributed by atoms with Crippen molar-refractivity contribution in [1.82, 2.24) is 4.98 Å². The van der Waals surface area contributed by atoms with Gasteiger partial charge in [0.05, 0.1) is 6.61 Å². The smallest absolute Gasteiger partial charge is 0.394 e. The van der Waals surface area contributed by atoms with Crippen molar-refractivity contribution in [2.45, 2.75) is 13.2 Å². The van der Waals surface area contributed by atoms with E-state index in [0.29, 0.717) is 12.3 Å². The zero-order valence-electron chi connectivity index (χ0n) is 7.34. The third-order valence-electron chi connectivity index (χ3n) is 1.61. The second-order valence-electron chi connectivity index (χ2n) is 2.63. The van der Waals surface area contributed by atoms with E-state index in [1.165, 1.54) is 6.26 Å². The summed E-state index contributed by atoms with van der Waals surface area (Å²) in [5.41, 5.74) is 0.478. The first-order valence-corrected chi connectivity index (χ1v) is 4.97. The summed E-state index contributed by atoms with van der Waals surface area (Å²) < 4.78 is 10.2. The van der Waals surface area contributed by atoms with Crippen LogP contribution in [0.15, 0.2) is 28.2 Å². The van der Waals surface area contributed by atoms with Crippen molar-refractivity contribution in [2.75, 3.05) is 0 Å². The van der Waals surface area contributed by atoms with E-state index in [1.54, 1.807) is 11.3 Å². The largest absolute Gasteiger partial charge is 0.444 e. The maximum absolute atomic E-state index is 8.73. The molecule has 0 fully saturated rings. The lowest BCUT2D eigenvalue weighted by Gasteiger charge is -1.96. The Morgan fingerprint density at radius 3 is 3.14 bits per heavy atom. The Hall–Kier alpha value is -1.33. The van der Waals surface area contributed by atoms with Crippen LogP contribution in [-0.4, -0.2) is 10.1 Å². The Morgan fingerprint density at radius 2 is 2.50 bits per heavy atom. The van der Waals surface area contributed by atoms with E-state index in [9.17, 15) is 0 Å². The number of nitrogens with zero attached hydrogens (tertiary/aromatic N) is 1. The summed E-state index contributed by atoms with van der Waals surface area (Å²) in [6, 6.07) is 3.93. The van der Waals surface area contributed by atoms with Gasteiger partial charge in [0, 0.05) is 4.88 Å². The van der Waals surface area contributed by atoms with Crippen LogP contribution < -0.4 is 4.74 Å². The van der Waals surface area contributed by atoms with E-state index in [-0.39, 0.29) is 12.7 Å². The van der Waals surface area contributed by atoms with E-state index in [0.717, 1.165) is 4.88 Å². The van der Waals surface area contributed by atoms with Crippen LogP contribution in [0.3, 0.4) is 0 Å². The van der Waals surface area contributed by atoms with Crippen molar-refractivity contribution in [1.29, 1.82) is 0 Å². The highest BCUT2D eigenvalue weighted by atomic mass is 32.1. The average molecular weight is 211 g/mol. The predicted octanol–water partition coefficient (Wildman–Crippen LogP) is 1.81. The lowest BCUT2D eigenvalue weighted by Crippen LogP contribution is -1.93. The fourth-order valence-corrected chi connectivity index (χ4v) is 1.57. The van der Waals surface area contributed by atoms with Crippen molar-refractivity contribution in [2.24, 2.45) is 0 Å². The first-order valence-electron chi connectivity index (χ1n) is 4.09. The predicted molar refractivity (Wildman–Crippen MR) is 51.1 cm³/mol. The molecule has 2 aromatic rings. The van der Waals surface area contributed by atoms with Crippen LogP contribution in [0.25, 0.3) is 0 Å². The van der Waals surface area contributed by atoms with Crippen molar-refractivity contribution >= 4 is 11.3 Å². The second kappa shape index (κ2) is 4.26. The van der Waals surface area contributed by atoms with Gasteiger partial charge in [0.25, 0.3) is 0 Å². The van der Waals surface area contributed by atoms with Crippen LogP contribution in [0.2, 0.25) is 0 Å². The van der Waals surface area contributed by atoms with Crippen LogP contribution in [0, 0.1) is 0 Å². The molecule has 0 atom stereocenters. The molecule has 0 saturated carbocycles. The number of aliphatic hydroxyl groups is 1. The molecular weight excluding hydrogens is 202 g/mol. The lowest BCUT2D eigenvalue weighted by molar-refractivity contribution is 0.222. The van der Waals surface area contributed by atoms with Gasteiger partial charge in [-0.2, -0.15) is 4.98 Å². The molecule has 0 aliphatic heterocycles. The molecule has 4 nitrogen and oxygen atoms in total. The maximum Gasteiger partial charge on any atom is 0.394 e. The summed E-state index contributed by atoms with van der Waals surface area (Å²) in [5, 5.41) is 10.7. The molecular formula is C9H9NO3S. The minimum atomic E-state index is -0.133. The quantitative estimate of drug-likeness (QED) is 0.837. The molecule has 2 rings (SSSR count). The Labute approximate surface area is 84.8 Å². The van der Waals surface area contributed by atoms with Crippen LogP contribution in [0.4, 0.5) is 0 Å². The SMILES string of the molecule is OCc1coc(OCc2cccs2)n1. The first kappa shape index (κ1) is 9.23. The van der Waals surface area contributed by atoms with Gasteiger partial charge in [0.1, 0.15) is 18.6 Å². The lowest BCUT2D eigenvalue weighted by atomic mass is 10.5. The number of aliphatic hydroxyl groups excluding tert-OH is 1. The molecule has 0 amide bonds. The van der Waals surface area contributed by atoms with Crippen LogP contribution in [0.1, 0.15) is 10.6 Å². The van der Waals surface area contributed by atoms with E-state index in [4.69, 9.17) is 14.3 Å². The zero-order chi connectivity index (χ0) is 9.80. The number of hydrogen-bond acceptors (Lipinski definition) is 5. The third kappa shape index (κ3) is 2.12. The van der Waals surface area contributed by atoms with Crippen molar-refractivity contribution in [3.63, 3.8) is 0 Å². The van der Waals surface area contributed by atoms with Gasteiger partial charge in [-0.05, 0) is 11.4 Å². The highest BCUT2D eigenvalue weighted by Crippen LogP contribution is 2.14. The standard InChI is InChI=1S/C9H9NO3S/c11-4-7-5-12-9(10-7)13-6-8-2-1-3-14-8/h1-3,5,11H,4,6H2. The molecule has 0 unspecified atom stereocenters. The van der Waals surface area contributed by atoms with Gasteiger partial charge >= 0.3 is 6.08 Å². The minimum Gasteiger partial charge on any atom is -0.444 e. The second-order valence-corrected chi connectivity index (χ2v) is 3.66. The Bertz CT molecular complexity index is 382. The molecule has 0 aliphatic rings. The molecule has 74 valence electrons. The van der Waals surface area contributed by atoms with Crippen molar-refractivity contribution < 1.29 is 14.3 Å². The summed E-state index contributed by atoms with van der Waals surface area (Å²) in [4.78, 5) is 5.00. The van der Waals surface area contributed by atoms with E-state index < -0.39 is 0 Å². The number of thiophene rings is 1. The zero-order valence-corrected chi connectivity index (χ0v) is 8.16. The van der Waals surface area contributed by atoms with Gasteiger partial charge in [0.2, 0.25) is 0 Å². The molecule has 0 aromatic carbocycles. The molecule has 0 spiro atoms. The summed E-state index contributed by atoms with van der Waals surface area (Å²) in [5.74, 6) is 0. The number of ether oxygens (including phenoxy) is 1. The molecule has 14 heavy (non-hydrogen) atoms. The molecule has 2 heterocycles. The van der Waals surface area contributed by atoms with Crippen LogP contribution in [-0.2, 0) is 13.2 Å². The van der Waals surface area contributed by atoms with Crippen LogP contribution >= 0.6 is 11.3 Å². The average Bonchev–Trinajstić information content (AvgIpc) is 2.86. The fourth-order valence-electron chi connectivity index (χ4n) is 0.955. The van der Waals surface area contributed by atoms with E-state index in [2.05, 4.69) is 4.98 Å². The maximum atomic E-state index is 8.73. The first-order chi connectivity index (χ1) is 6.88. The van der Waals surface area contributed by atoms with E-state index in [1.807, 2.05) is 17.5 Å². The van der Waals surface area contributed by atoms with Gasteiger partial charge < -0.3 is 14.3 Å². The number of rotatable bonds is 4. The number of oxazole rings is 1. The highest BCUT2D eigenvalue weighted by molar-refractivity contribution is 7.09. The minimum absolute atomic E-state index is 0.133. The summed E-state index contributed by atoms with van der Waals surface area (Å²) in [7, 11) is 0. The Morgan fingerprint density at radius 1 is 1.57 bits per heavy atom. The van der Waals surface area contributed by atoms with Crippen molar-refractivity contribution in [3.8, 4) is 6.08 Å². The Balaban J connectivity index is 1.92. The Kier molecular flexibility index (Phi) is 2.81. The van der Waals surface area contributed by atoms with Gasteiger partial charge in [0.15, 0.2) is 0 Å². The summed E-state index contributed by atoms with van der Waals surface area (Å²) in [6.07, 6.45) is 1.58. The molecule has 5 heteroatoms.